The van der Waals surface area contributed by atoms with Gasteiger partial charge in [-0.15, -0.1) is 0 Å². The van der Waals surface area contributed by atoms with E-state index in [0.717, 1.165) is 19.3 Å². The van der Waals surface area contributed by atoms with Crippen LogP contribution in [-0.4, -0.2) is 42.6 Å². The minimum Gasteiger partial charge on any atom is -0.507 e. The molecule has 0 radical (unpaired) electrons. The van der Waals surface area contributed by atoms with Crippen molar-refractivity contribution in [2.75, 3.05) is 18.0 Å². The predicted molar refractivity (Wildman–Crippen MR) is 137 cm³/mol. The molecule has 0 spiro atoms. The number of anilines is 1. The van der Waals surface area contributed by atoms with Crippen LogP contribution in [0, 0.1) is 0 Å². The van der Waals surface area contributed by atoms with Crippen LogP contribution >= 0.6 is 0 Å². The first-order valence-electron chi connectivity index (χ1n) is 11.9. The highest BCUT2D eigenvalue weighted by Gasteiger charge is 2.47. The SMILES string of the molecule is O=C1C(=O)N(c2ccc(S(=O)(=O)N3CCCCC3)cc2)C(c2ccccc2)/C1=C(/O)c1ccccc1. The number of benzene rings is 3. The van der Waals surface area contributed by atoms with Gasteiger partial charge in [-0.2, -0.15) is 4.31 Å². The van der Waals surface area contributed by atoms with E-state index in [1.807, 2.05) is 6.07 Å². The van der Waals surface area contributed by atoms with Gasteiger partial charge in [-0.25, -0.2) is 8.42 Å². The number of nitrogens with zero attached hydrogens (tertiary/aromatic N) is 2. The maximum Gasteiger partial charge on any atom is 0.300 e. The molecule has 36 heavy (non-hydrogen) atoms. The number of piperidine rings is 1. The fourth-order valence-corrected chi connectivity index (χ4v) is 6.35. The van der Waals surface area contributed by atoms with Gasteiger partial charge in [-0.1, -0.05) is 67.1 Å². The molecule has 2 fully saturated rings. The Bertz CT molecular complexity index is 1410. The number of hydrogen-bond donors (Lipinski definition) is 1. The summed E-state index contributed by atoms with van der Waals surface area (Å²) in [6.07, 6.45) is 2.68. The maximum atomic E-state index is 13.3. The van der Waals surface area contributed by atoms with E-state index >= 15 is 0 Å². The van der Waals surface area contributed by atoms with Crippen LogP contribution in [0.5, 0.6) is 0 Å². The molecule has 0 aromatic heterocycles. The highest BCUT2D eigenvalue weighted by Crippen LogP contribution is 2.42. The van der Waals surface area contributed by atoms with Crippen molar-refractivity contribution in [1.29, 1.82) is 0 Å². The molecule has 1 atom stereocenters. The van der Waals surface area contributed by atoms with Crippen molar-refractivity contribution in [1.82, 2.24) is 4.31 Å². The second kappa shape index (κ2) is 9.72. The number of Topliss-reactive ketones (excluding diaryl/α,β-unsaturated/α-hetero) is 1. The van der Waals surface area contributed by atoms with Gasteiger partial charge in [0, 0.05) is 24.3 Å². The van der Waals surface area contributed by atoms with Gasteiger partial charge in [0.2, 0.25) is 10.0 Å². The van der Waals surface area contributed by atoms with E-state index in [9.17, 15) is 23.1 Å². The Morgan fingerprint density at radius 3 is 1.97 bits per heavy atom. The highest BCUT2D eigenvalue weighted by atomic mass is 32.2. The Kier molecular flexibility index (Phi) is 6.47. The van der Waals surface area contributed by atoms with Crippen molar-refractivity contribution in [2.45, 2.75) is 30.2 Å². The monoisotopic (exact) mass is 502 g/mol. The lowest BCUT2D eigenvalue weighted by atomic mass is 9.95. The molecule has 3 aromatic rings. The third-order valence-electron chi connectivity index (χ3n) is 6.67. The average Bonchev–Trinajstić information content (AvgIpc) is 3.20. The van der Waals surface area contributed by atoms with Crippen molar-refractivity contribution < 1.29 is 23.1 Å². The molecule has 2 heterocycles. The fraction of sp³-hybridized carbons (Fsp3) is 0.214. The molecule has 1 amide bonds. The number of sulfonamides is 1. The standard InChI is InChI=1S/C28H26N2O5S/c31-26(21-12-6-2-7-13-21)24-25(20-10-4-1-5-11-20)30(28(33)27(24)32)22-14-16-23(17-15-22)36(34,35)29-18-8-3-9-19-29/h1-2,4-7,10-17,25,31H,3,8-9,18-19H2/b26-24-. The summed E-state index contributed by atoms with van der Waals surface area (Å²) in [6.45, 7) is 0.985. The summed E-state index contributed by atoms with van der Waals surface area (Å²) in [6, 6.07) is 22.8. The lowest BCUT2D eigenvalue weighted by Gasteiger charge is -2.27. The van der Waals surface area contributed by atoms with Crippen molar-refractivity contribution in [2.24, 2.45) is 0 Å². The molecule has 2 aliphatic heterocycles. The topological polar surface area (TPSA) is 95.0 Å². The zero-order valence-corrected chi connectivity index (χ0v) is 20.4. The normalized spacial score (nSPS) is 20.6. The number of hydrogen-bond acceptors (Lipinski definition) is 5. The first-order chi connectivity index (χ1) is 17.4. The van der Waals surface area contributed by atoms with Crippen molar-refractivity contribution >= 4 is 33.2 Å². The van der Waals surface area contributed by atoms with E-state index in [4.69, 9.17) is 0 Å². The third kappa shape index (κ3) is 4.23. The Morgan fingerprint density at radius 1 is 0.778 bits per heavy atom. The largest absolute Gasteiger partial charge is 0.507 e. The van der Waals surface area contributed by atoms with Gasteiger partial charge in [0.1, 0.15) is 5.76 Å². The lowest BCUT2D eigenvalue weighted by molar-refractivity contribution is -0.132. The number of carbonyl (C=O) groups excluding carboxylic acids is 2. The lowest BCUT2D eigenvalue weighted by Crippen LogP contribution is -2.35. The Morgan fingerprint density at radius 2 is 1.36 bits per heavy atom. The van der Waals surface area contributed by atoms with Crippen LogP contribution in [-0.2, 0) is 19.6 Å². The number of aliphatic hydroxyl groups is 1. The van der Waals surface area contributed by atoms with Gasteiger partial charge < -0.3 is 5.11 Å². The van der Waals surface area contributed by atoms with E-state index in [1.165, 1.54) is 21.3 Å². The van der Waals surface area contributed by atoms with Crippen LogP contribution in [0.3, 0.4) is 0 Å². The predicted octanol–water partition coefficient (Wildman–Crippen LogP) is 4.49. The molecule has 3 aromatic carbocycles. The smallest absolute Gasteiger partial charge is 0.300 e. The molecule has 7 nitrogen and oxygen atoms in total. The van der Waals surface area contributed by atoms with Crippen LogP contribution in [0.25, 0.3) is 5.76 Å². The third-order valence-corrected chi connectivity index (χ3v) is 8.59. The minimum absolute atomic E-state index is 0.0117. The van der Waals surface area contributed by atoms with Crippen LogP contribution in [0.1, 0.15) is 36.4 Å². The zero-order chi connectivity index (χ0) is 25.3. The molecule has 1 unspecified atom stereocenters. The van der Waals surface area contributed by atoms with Gasteiger partial charge >= 0.3 is 0 Å². The molecule has 2 aliphatic rings. The van der Waals surface area contributed by atoms with E-state index in [2.05, 4.69) is 0 Å². The van der Waals surface area contributed by atoms with E-state index < -0.39 is 27.8 Å². The molecule has 1 N–H and O–H groups in total. The van der Waals surface area contributed by atoms with Crippen molar-refractivity contribution in [3.8, 4) is 0 Å². The van der Waals surface area contributed by atoms with Crippen LogP contribution in [0.2, 0.25) is 0 Å². The molecule has 0 bridgehead atoms. The second-order valence-corrected chi connectivity index (χ2v) is 10.8. The van der Waals surface area contributed by atoms with Gasteiger partial charge in [0.05, 0.1) is 16.5 Å². The van der Waals surface area contributed by atoms with Gasteiger partial charge in [0.25, 0.3) is 11.7 Å². The maximum absolute atomic E-state index is 13.3. The summed E-state index contributed by atoms with van der Waals surface area (Å²) in [5.41, 5.74) is 1.44. The van der Waals surface area contributed by atoms with Crippen LogP contribution in [0.4, 0.5) is 5.69 Å². The molecule has 0 aliphatic carbocycles. The summed E-state index contributed by atoms with van der Waals surface area (Å²) in [7, 11) is -3.64. The Hall–Kier alpha value is -3.75. The quantitative estimate of drug-likeness (QED) is 0.315. The number of carbonyl (C=O) groups is 2. The molecular weight excluding hydrogens is 476 g/mol. The molecule has 5 rings (SSSR count). The van der Waals surface area contributed by atoms with Gasteiger partial charge in [0.15, 0.2) is 0 Å². The molecule has 0 saturated carbocycles. The number of amides is 1. The average molecular weight is 503 g/mol. The molecule has 2 saturated heterocycles. The Labute approximate surface area is 210 Å². The van der Waals surface area contributed by atoms with Crippen molar-refractivity contribution in [3.05, 3.63) is 102 Å². The first kappa shape index (κ1) is 24.0. The molecular formula is C28H26N2O5S. The first-order valence-corrected chi connectivity index (χ1v) is 13.3. The summed E-state index contributed by atoms with van der Waals surface area (Å²) in [4.78, 5) is 27.9. The second-order valence-electron chi connectivity index (χ2n) is 8.90. The van der Waals surface area contributed by atoms with Gasteiger partial charge in [-0.3, -0.25) is 14.5 Å². The van der Waals surface area contributed by atoms with E-state index in [1.54, 1.807) is 66.7 Å². The molecule has 8 heteroatoms. The van der Waals surface area contributed by atoms with E-state index in [-0.39, 0.29) is 16.2 Å². The summed E-state index contributed by atoms with van der Waals surface area (Å²) in [5, 5.41) is 11.1. The summed E-state index contributed by atoms with van der Waals surface area (Å²) >= 11 is 0. The van der Waals surface area contributed by atoms with Gasteiger partial charge in [-0.05, 0) is 42.7 Å². The molecule has 184 valence electrons. The van der Waals surface area contributed by atoms with Crippen LogP contribution < -0.4 is 4.90 Å². The fourth-order valence-electron chi connectivity index (χ4n) is 4.83. The summed E-state index contributed by atoms with van der Waals surface area (Å²) < 4.78 is 27.6. The summed E-state index contributed by atoms with van der Waals surface area (Å²) in [5.74, 6) is -1.84. The zero-order valence-electron chi connectivity index (χ0n) is 19.6. The van der Waals surface area contributed by atoms with E-state index in [0.29, 0.717) is 29.9 Å². The number of aliphatic hydroxyl groups excluding tert-OH is 1. The van der Waals surface area contributed by atoms with Crippen molar-refractivity contribution in [3.63, 3.8) is 0 Å². The minimum atomic E-state index is -3.64. The highest BCUT2D eigenvalue weighted by molar-refractivity contribution is 7.89. The Balaban J connectivity index is 1.58. The number of rotatable bonds is 5. The number of ketones is 1. The van der Waals surface area contributed by atoms with Crippen LogP contribution in [0.15, 0.2) is 95.4 Å².